The van der Waals surface area contributed by atoms with Gasteiger partial charge in [-0.25, -0.2) is 4.90 Å². The summed E-state index contributed by atoms with van der Waals surface area (Å²) in [5.41, 5.74) is 3.79. The second-order valence-electron chi connectivity index (χ2n) is 10.5. The first-order valence-electron chi connectivity index (χ1n) is 14.6. The van der Waals surface area contributed by atoms with Crippen molar-refractivity contribution in [3.8, 4) is 5.75 Å². The number of nitrogens with zero attached hydrogens (tertiary/aromatic N) is 3. The van der Waals surface area contributed by atoms with Crippen molar-refractivity contribution in [2.45, 2.75) is 33.1 Å². The van der Waals surface area contributed by atoms with Crippen LogP contribution >= 0.6 is 0 Å². The molecule has 8 heteroatoms. The van der Waals surface area contributed by atoms with Crippen molar-refractivity contribution in [3.05, 3.63) is 89.0 Å². The van der Waals surface area contributed by atoms with Crippen molar-refractivity contribution in [3.63, 3.8) is 0 Å². The second kappa shape index (κ2) is 13.0. The minimum Gasteiger partial charge on any atom is -0.491 e. The van der Waals surface area contributed by atoms with E-state index in [2.05, 4.69) is 41.1 Å². The molecule has 0 radical (unpaired) electrons. The Morgan fingerprint density at radius 2 is 1.61 bits per heavy atom. The summed E-state index contributed by atoms with van der Waals surface area (Å²) in [7, 11) is 0. The Labute approximate surface area is 241 Å². The third-order valence-electron chi connectivity index (χ3n) is 7.73. The molecule has 5 rings (SSSR count). The molecule has 1 N–H and O–H groups in total. The van der Waals surface area contributed by atoms with Crippen LogP contribution < -0.4 is 19.9 Å². The molecule has 41 heavy (non-hydrogen) atoms. The Kier molecular flexibility index (Phi) is 8.99. The van der Waals surface area contributed by atoms with Crippen LogP contribution in [-0.2, 0) is 6.42 Å². The SMILES string of the molecule is CCCOc1ccccc1N1CCN(CCCNC(=O)c2ccc3c(c2)C(=O)N(c2ccc(CC)cc2)C3=O)CC1. The van der Waals surface area contributed by atoms with Crippen molar-refractivity contribution in [2.75, 3.05) is 55.7 Å². The Morgan fingerprint density at radius 3 is 2.34 bits per heavy atom. The van der Waals surface area contributed by atoms with Crippen LogP contribution in [0.1, 0.15) is 63.3 Å². The largest absolute Gasteiger partial charge is 0.491 e. The summed E-state index contributed by atoms with van der Waals surface area (Å²) in [6, 6.07) is 20.4. The van der Waals surface area contributed by atoms with E-state index in [1.54, 1.807) is 24.3 Å². The topological polar surface area (TPSA) is 82.2 Å². The maximum atomic E-state index is 13.1. The Morgan fingerprint density at radius 1 is 0.878 bits per heavy atom. The summed E-state index contributed by atoms with van der Waals surface area (Å²) in [5, 5.41) is 2.97. The number of aryl methyl sites for hydroxylation is 1. The summed E-state index contributed by atoms with van der Waals surface area (Å²) in [6.07, 6.45) is 2.68. The van der Waals surface area contributed by atoms with Gasteiger partial charge in [-0.3, -0.25) is 19.3 Å². The lowest BCUT2D eigenvalue weighted by Gasteiger charge is -2.36. The summed E-state index contributed by atoms with van der Waals surface area (Å²) in [6.45, 7) is 10.1. The molecule has 0 bridgehead atoms. The zero-order chi connectivity index (χ0) is 28.8. The highest BCUT2D eigenvalue weighted by Gasteiger charge is 2.37. The number of anilines is 2. The van der Waals surface area contributed by atoms with E-state index in [0.29, 0.717) is 30.0 Å². The third-order valence-corrected chi connectivity index (χ3v) is 7.73. The van der Waals surface area contributed by atoms with Gasteiger partial charge < -0.3 is 15.0 Å². The predicted octanol–water partition coefficient (Wildman–Crippen LogP) is 4.78. The van der Waals surface area contributed by atoms with Crippen molar-refractivity contribution in [2.24, 2.45) is 0 Å². The molecule has 3 amide bonds. The first-order chi connectivity index (χ1) is 20.0. The molecule has 8 nitrogen and oxygen atoms in total. The fourth-order valence-corrected chi connectivity index (χ4v) is 5.37. The van der Waals surface area contributed by atoms with Gasteiger partial charge in [0.05, 0.1) is 29.1 Å². The molecule has 0 saturated carbocycles. The van der Waals surface area contributed by atoms with E-state index in [0.717, 1.165) is 69.0 Å². The Bertz CT molecular complexity index is 1400. The van der Waals surface area contributed by atoms with Crippen LogP contribution in [0.15, 0.2) is 66.7 Å². The maximum Gasteiger partial charge on any atom is 0.266 e. The van der Waals surface area contributed by atoms with Crippen LogP contribution in [0.25, 0.3) is 0 Å². The normalized spacial score (nSPS) is 15.3. The number of benzene rings is 3. The number of carbonyl (C=O) groups excluding carboxylic acids is 3. The molecule has 3 aromatic rings. The van der Waals surface area contributed by atoms with Crippen LogP contribution in [0.5, 0.6) is 5.75 Å². The van der Waals surface area contributed by atoms with Gasteiger partial charge in [0.1, 0.15) is 5.75 Å². The molecular formula is C33H38N4O4. The number of ether oxygens (including phenoxy) is 1. The standard InChI is InChI=1S/C33H38N4O4/c1-3-22-41-30-9-6-5-8-29(30)36-20-18-35(19-21-36)17-7-16-34-31(38)25-12-15-27-28(23-25)33(40)37(32(27)39)26-13-10-24(4-2)11-14-26/h5-6,8-15,23H,3-4,7,16-22H2,1-2H3,(H,34,38). The number of piperazine rings is 1. The summed E-state index contributed by atoms with van der Waals surface area (Å²) < 4.78 is 5.94. The maximum absolute atomic E-state index is 13.1. The van der Waals surface area contributed by atoms with Gasteiger partial charge in [0.15, 0.2) is 0 Å². The van der Waals surface area contributed by atoms with Gasteiger partial charge in [0.2, 0.25) is 0 Å². The van der Waals surface area contributed by atoms with Crippen LogP contribution in [0.4, 0.5) is 11.4 Å². The molecular weight excluding hydrogens is 516 g/mol. The van der Waals surface area contributed by atoms with Gasteiger partial charge in [-0.2, -0.15) is 0 Å². The number of carbonyl (C=O) groups is 3. The molecule has 0 atom stereocenters. The molecule has 3 aromatic carbocycles. The molecule has 0 unspecified atom stereocenters. The lowest BCUT2D eigenvalue weighted by atomic mass is 10.1. The number of para-hydroxylation sites is 2. The lowest BCUT2D eigenvalue weighted by molar-refractivity contribution is 0.0923. The lowest BCUT2D eigenvalue weighted by Crippen LogP contribution is -2.47. The molecule has 0 aliphatic carbocycles. The average Bonchev–Trinajstić information content (AvgIpc) is 3.27. The average molecular weight is 555 g/mol. The number of fused-ring (bicyclic) bond motifs is 1. The van der Waals surface area contributed by atoms with Gasteiger partial charge in [-0.15, -0.1) is 0 Å². The van der Waals surface area contributed by atoms with Gasteiger partial charge in [0, 0.05) is 38.3 Å². The summed E-state index contributed by atoms with van der Waals surface area (Å²) in [4.78, 5) is 44.9. The van der Waals surface area contributed by atoms with E-state index in [1.807, 2.05) is 24.3 Å². The molecule has 1 fully saturated rings. The first kappa shape index (κ1) is 28.4. The van der Waals surface area contributed by atoms with Gasteiger partial charge in [-0.05, 0) is 73.8 Å². The van der Waals surface area contributed by atoms with Crippen molar-refractivity contribution in [1.82, 2.24) is 10.2 Å². The molecule has 2 aliphatic rings. The van der Waals surface area contributed by atoms with E-state index in [4.69, 9.17) is 4.74 Å². The number of rotatable bonds is 11. The number of amides is 3. The quantitative estimate of drug-likeness (QED) is 0.271. The van der Waals surface area contributed by atoms with Crippen LogP contribution in [0.2, 0.25) is 0 Å². The van der Waals surface area contributed by atoms with E-state index in [1.165, 1.54) is 11.0 Å². The fraction of sp³-hybridized carbons (Fsp3) is 0.364. The van der Waals surface area contributed by atoms with E-state index < -0.39 is 5.91 Å². The third kappa shape index (κ3) is 6.28. The number of nitrogens with one attached hydrogen (secondary N) is 1. The highest BCUT2D eigenvalue weighted by Crippen LogP contribution is 2.30. The van der Waals surface area contributed by atoms with E-state index in [-0.39, 0.29) is 17.4 Å². The predicted molar refractivity (Wildman–Crippen MR) is 161 cm³/mol. The molecule has 1 saturated heterocycles. The van der Waals surface area contributed by atoms with Crippen molar-refractivity contribution in [1.29, 1.82) is 0 Å². The smallest absolute Gasteiger partial charge is 0.266 e. The summed E-state index contributed by atoms with van der Waals surface area (Å²) >= 11 is 0. The van der Waals surface area contributed by atoms with Gasteiger partial charge in [0.25, 0.3) is 17.7 Å². The van der Waals surface area contributed by atoms with Gasteiger partial charge >= 0.3 is 0 Å². The van der Waals surface area contributed by atoms with Crippen molar-refractivity contribution < 1.29 is 19.1 Å². The Balaban J connectivity index is 1.09. The number of imide groups is 1. The molecule has 2 aliphatic heterocycles. The molecule has 214 valence electrons. The monoisotopic (exact) mass is 554 g/mol. The Hall–Kier alpha value is -4.17. The van der Waals surface area contributed by atoms with Crippen LogP contribution in [-0.4, -0.2) is 68.5 Å². The minimum absolute atomic E-state index is 0.243. The highest BCUT2D eigenvalue weighted by molar-refractivity contribution is 6.34. The zero-order valence-electron chi connectivity index (χ0n) is 23.9. The first-order valence-corrected chi connectivity index (χ1v) is 14.6. The van der Waals surface area contributed by atoms with Crippen molar-refractivity contribution >= 4 is 29.1 Å². The second-order valence-corrected chi connectivity index (χ2v) is 10.5. The van der Waals surface area contributed by atoms with Gasteiger partial charge in [-0.1, -0.05) is 38.1 Å². The molecule has 0 spiro atoms. The highest BCUT2D eigenvalue weighted by atomic mass is 16.5. The number of hydrogen-bond acceptors (Lipinski definition) is 6. The van der Waals surface area contributed by atoms with E-state index >= 15 is 0 Å². The fourth-order valence-electron chi connectivity index (χ4n) is 5.37. The zero-order valence-corrected chi connectivity index (χ0v) is 23.9. The minimum atomic E-state index is -0.400. The summed E-state index contributed by atoms with van der Waals surface area (Å²) in [5.74, 6) is -0.0605. The van der Waals surface area contributed by atoms with Crippen LogP contribution in [0, 0.1) is 0 Å². The molecule has 2 heterocycles. The van der Waals surface area contributed by atoms with Crippen LogP contribution in [0.3, 0.4) is 0 Å². The molecule has 0 aromatic heterocycles. The number of hydrogen-bond donors (Lipinski definition) is 1. The van der Waals surface area contributed by atoms with E-state index in [9.17, 15) is 14.4 Å².